The van der Waals surface area contributed by atoms with Crippen LogP contribution in [0.4, 0.5) is 8.78 Å². The molecule has 0 amide bonds. The summed E-state index contributed by atoms with van der Waals surface area (Å²) < 4.78 is 28.9. The summed E-state index contributed by atoms with van der Waals surface area (Å²) in [4.78, 5) is 20.3. The lowest BCUT2D eigenvalue weighted by molar-refractivity contribution is 0.628. The Balaban J connectivity index is 1.54. The number of H-pyrrole nitrogens is 2. The Morgan fingerprint density at radius 3 is 2.50 bits per heavy atom. The summed E-state index contributed by atoms with van der Waals surface area (Å²) in [5.74, 6) is -0.484. The fourth-order valence-corrected chi connectivity index (χ4v) is 3.74. The molecule has 0 saturated heterocycles. The molecule has 0 radical (unpaired) electrons. The second-order valence-electron chi connectivity index (χ2n) is 7.17. The molecule has 32 heavy (non-hydrogen) atoms. The van der Waals surface area contributed by atoms with Gasteiger partial charge in [-0.3, -0.25) is 15.1 Å². The standard InChI is InChI=1S/C23H13F2N7/c24-14-5-3-12(4-6-14)15-7-9-27-22-20(15)29-23(30-22)21-17-16(31-32-21)11-28-19(18(17)25)13-2-1-8-26-10-13/h1-11H,(H,31,32)(H,27,29,30). The van der Waals surface area contributed by atoms with Crippen LogP contribution in [0.15, 0.2) is 67.3 Å². The van der Waals surface area contributed by atoms with Crippen molar-refractivity contribution in [3.05, 3.63) is 78.9 Å². The average molecular weight is 425 g/mol. The summed E-state index contributed by atoms with van der Waals surface area (Å²) in [5.41, 5.74) is 4.18. The highest BCUT2D eigenvalue weighted by Gasteiger charge is 2.21. The number of hydrogen-bond donors (Lipinski definition) is 2. The van der Waals surface area contributed by atoms with E-state index in [0.29, 0.717) is 33.8 Å². The maximum atomic E-state index is 15.5. The smallest absolute Gasteiger partial charge is 0.178 e. The fourth-order valence-electron chi connectivity index (χ4n) is 3.74. The van der Waals surface area contributed by atoms with Gasteiger partial charge in [-0.2, -0.15) is 5.10 Å². The lowest BCUT2D eigenvalue weighted by atomic mass is 10.1. The van der Waals surface area contributed by atoms with Crippen molar-refractivity contribution < 1.29 is 8.78 Å². The van der Waals surface area contributed by atoms with Gasteiger partial charge in [-0.05, 0) is 35.9 Å². The molecule has 9 heteroatoms. The first-order valence-electron chi connectivity index (χ1n) is 9.73. The first kappa shape index (κ1) is 18.3. The molecule has 5 heterocycles. The van der Waals surface area contributed by atoms with Gasteiger partial charge in [0.2, 0.25) is 0 Å². The van der Waals surface area contributed by atoms with Crippen LogP contribution >= 0.6 is 0 Å². The SMILES string of the molecule is Fc1ccc(-c2ccnc3nc(-c4n[nH]c5cnc(-c6cccnc6)c(F)c45)[nH]c23)cc1. The minimum Gasteiger partial charge on any atom is -0.335 e. The van der Waals surface area contributed by atoms with Gasteiger partial charge in [0.25, 0.3) is 0 Å². The molecule has 0 fully saturated rings. The van der Waals surface area contributed by atoms with E-state index in [9.17, 15) is 4.39 Å². The molecule has 1 aromatic carbocycles. The summed E-state index contributed by atoms with van der Waals surface area (Å²) in [6.45, 7) is 0. The zero-order valence-electron chi connectivity index (χ0n) is 16.3. The van der Waals surface area contributed by atoms with E-state index < -0.39 is 5.82 Å². The Labute approximate surface area is 179 Å². The number of nitrogens with zero attached hydrogens (tertiary/aromatic N) is 5. The van der Waals surface area contributed by atoms with Gasteiger partial charge in [-0.25, -0.2) is 18.7 Å². The predicted molar refractivity (Wildman–Crippen MR) is 115 cm³/mol. The van der Waals surface area contributed by atoms with Gasteiger partial charge in [0.1, 0.15) is 17.2 Å². The molecule has 0 unspecified atom stereocenters. The number of rotatable bonds is 3. The monoisotopic (exact) mass is 425 g/mol. The summed E-state index contributed by atoms with van der Waals surface area (Å²) in [6, 6.07) is 11.4. The molecule has 2 N–H and O–H groups in total. The fraction of sp³-hybridized carbons (Fsp3) is 0. The Bertz CT molecular complexity index is 1590. The van der Waals surface area contributed by atoms with Crippen molar-refractivity contribution >= 4 is 22.1 Å². The van der Waals surface area contributed by atoms with Crippen molar-refractivity contribution in [3.8, 4) is 33.9 Å². The zero-order chi connectivity index (χ0) is 21.7. The van der Waals surface area contributed by atoms with Crippen molar-refractivity contribution in [2.24, 2.45) is 0 Å². The van der Waals surface area contributed by atoms with Gasteiger partial charge in [0, 0.05) is 29.7 Å². The molecular weight excluding hydrogens is 412 g/mol. The van der Waals surface area contributed by atoms with Crippen LogP contribution in [0, 0.1) is 11.6 Å². The summed E-state index contributed by atoms with van der Waals surface area (Å²) in [7, 11) is 0. The van der Waals surface area contributed by atoms with Crippen LogP contribution in [0.25, 0.3) is 56.0 Å². The molecule has 7 nitrogen and oxygen atoms in total. The van der Waals surface area contributed by atoms with Crippen LogP contribution in [-0.4, -0.2) is 35.1 Å². The number of pyridine rings is 3. The second kappa shape index (κ2) is 7.02. The predicted octanol–water partition coefficient (Wildman–Crippen LogP) is 4.90. The molecule has 0 bridgehead atoms. The molecule has 6 aromatic rings. The van der Waals surface area contributed by atoms with Crippen molar-refractivity contribution in [1.82, 2.24) is 35.1 Å². The van der Waals surface area contributed by atoms with Gasteiger partial charge in [-0.15, -0.1) is 0 Å². The van der Waals surface area contributed by atoms with Crippen molar-refractivity contribution in [3.63, 3.8) is 0 Å². The van der Waals surface area contributed by atoms with Crippen LogP contribution in [0.3, 0.4) is 0 Å². The number of fused-ring (bicyclic) bond motifs is 2. The Kier molecular flexibility index (Phi) is 4.00. The summed E-state index contributed by atoms with van der Waals surface area (Å²) in [5, 5.41) is 7.36. The largest absolute Gasteiger partial charge is 0.335 e. The van der Waals surface area contributed by atoms with Gasteiger partial charge >= 0.3 is 0 Å². The first-order valence-corrected chi connectivity index (χ1v) is 9.73. The molecule has 0 aliphatic rings. The van der Waals surface area contributed by atoms with E-state index in [1.807, 2.05) is 6.07 Å². The van der Waals surface area contributed by atoms with Crippen LogP contribution in [0.2, 0.25) is 0 Å². The van der Waals surface area contributed by atoms with Crippen molar-refractivity contribution in [1.29, 1.82) is 0 Å². The Hall–Kier alpha value is -4.53. The average Bonchev–Trinajstić information content (AvgIpc) is 3.45. The third kappa shape index (κ3) is 2.83. The Morgan fingerprint density at radius 2 is 1.69 bits per heavy atom. The molecule has 0 atom stereocenters. The van der Waals surface area contributed by atoms with Gasteiger partial charge in [-0.1, -0.05) is 12.1 Å². The molecule has 0 spiro atoms. The van der Waals surface area contributed by atoms with E-state index in [4.69, 9.17) is 0 Å². The van der Waals surface area contributed by atoms with E-state index in [2.05, 4.69) is 35.1 Å². The molecule has 5 aromatic heterocycles. The van der Waals surface area contributed by atoms with E-state index in [1.54, 1.807) is 42.9 Å². The minimum absolute atomic E-state index is 0.175. The molecule has 0 aliphatic carbocycles. The van der Waals surface area contributed by atoms with Crippen LogP contribution < -0.4 is 0 Å². The molecule has 0 aliphatic heterocycles. The lowest BCUT2D eigenvalue weighted by Crippen LogP contribution is -1.92. The third-order valence-corrected chi connectivity index (χ3v) is 5.25. The van der Waals surface area contributed by atoms with E-state index in [0.717, 1.165) is 11.1 Å². The maximum absolute atomic E-state index is 15.5. The summed E-state index contributed by atoms with van der Waals surface area (Å²) in [6.07, 6.45) is 6.32. The van der Waals surface area contributed by atoms with Crippen LogP contribution in [-0.2, 0) is 0 Å². The molecule has 154 valence electrons. The molecular formula is C23H13F2N7. The quantitative estimate of drug-likeness (QED) is 0.420. The normalized spacial score (nSPS) is 11.4. The highest BCUT2D eigenvalue weighted by molar-refractivity contribution is 5.97. The second-order valence-corrected chi connectivity index (χ2v) is 7.17. The van der Waals surface area contributed by atoms with Crippen LogP contribution in [0.1, 0.15) is 0 Å². The minimum atomic E-state index is -0.522. The highest BCUT2D eigenvalue weighted by Crippen LogP contribution is 2.33. The number of hydrogen-bond acceptors (Lipinski definition) is 5. The number of aromatic amines is 2. The van der Waals surface area contributed by atoms with Gasteiger partial charge < -0.3 is 4.98 Å². The van der Waals surface area contributed by atoms with E-state index >= 15 is 4.39 Å². The highest BCUT2D eigenvalue weighted by atomic mass is 19.1. The zero-order valence-corrected chi connectivity index (χ0v) is 16.3. The number of nitrogens with one attached hydrogen (secondary N) is 2. The van der Waals surface area contributed by atoms with Gasteiger partial charge in [0.05, 0.1) is 22.6 Å². The topological polar surface area (TPSA) is 96.0 Å². The van der Waals surface area contributed by atoms with E-state index in [-0.39, 0.29) is 16.9 Å². The summed E-state index contributed by atoms with van der Waals surface area (Å²) >= 11 is 0. The van der Waals surface area contributed by atoms with E-state index in [1.165, 1.54) is 18.3 Å². The number of imidazole rings is 1. The first-order chi connectivity index (χ1) is 15.7. The molecule has 0 saturated carbocycles. The lowest BCUT2D eigenvalue weighted by Gasteiger charge is -2.03. The molecule has 6 rings (SSSR count). The van der Waals surface area contributed by atoms with Crippen molar-refractivity contribution in [2.75, 3.05) is 0 Å². The van der Waals surface area contributed by atoms with Crippen molar-refractivity contribution in [2.45, 2.75) is 0 Å². The van der Waals surface area contributed by atoms with Gasteiger partial charge in [0.15, 0.2) is 17.3 Å². The Morgan fingerprint density at radius 1 is 0.812 bits per heavy atom. The van der Waals surface area contributed by atoms with Crippen LogP contribution in [0.5, 0.6) is 0 Å². The number of aromatic nitrogens is 7. The third-order valence-electron chi connectivity index (χ3n) is 5.25. The number of halogens is 2. The maximum Gasteiger partial charge on any atom is 0.178 e. The number of benzene rings is 1.